The molecule has 2 heteroatoms. The molecule has 0 saturated heterocycles. The van der Waals surface area contributed by atoms with Gasteiger partial charge in [0.2, 0.25) is 0 Å². The molecule has 1 atom stereocenters. The highest BCUT2D eigenvalue weighted by Crippen LogP contribution is 2.17. The molecule has 0 bridgehead atoms. The van der Waals surface area contributed by atoms with Crippen LogP contribution < -0.4 is 5.73 Å². The Labute approximate surface area is 109 Å². The molecule has 0 aliphatic rings. The van der Waals surface area contributed by atoms with Crippen LogP contribution in [0.4, 0.5) is 0 Å². The zero-order chi connectivity index (χ0) is 13.1. The van der Waals surface area contributed by atoms with Crippen molar-refractivity contribution in [3.63, 3.8) is 0 Å². The summed E-state index contributed by atoms with van der Waals surface area (Å²) >= 11 is 0. The number of nitrogens with zero attached hydrogens (tertiary/aromatic N) is 1. The molecular formula is C15H34N2. The van der Waals surface area contributed by atoms with Crippen molar-refractivity contribution in [2.45, 2.75) is 72.3 Å². The highest BCUT2D eigenvalue weighted by atomic mass is 15.1. The summed E-state index contributed by atoms with van der Waals surface area (Å²) in [5.74, 6) is 0.862. The number of nitrogens with two attached hydrogens (primary N) is 1. The molecule has 104 valence electrons. The predicted molar refractivity (Wildman–Crippen MR) is 78.3 cm³/mol. The van der Waals surface area contributed by atoms with Gasteiger partial charge in [-0.25, -0.2) is 0 Å². The number of hydrogen-bond acceptors (Lipinski definition) is 2. The van der Waals surface area contributed by atoms with E-state index in [2.05, 4.69) is 32.6 Å². The average Bonchev–Trinajstić information content (AvgIpc) is 2.28. The van der Waals surface area contributed by atoms with E-state index in [9.17, 15) is 0 Å². The molecule has 0 aliphatic heterocycles. The fourth-order valence-corrected chi connectivity index (χ4v) is 2.58. The molecule has 0 aliphatic carbocycles. The fraction of sp³-hybridized carbons (Fsp3) is 1.00. The van der Waals surface area contributed by atoms with Crippen molar-refractivity contribution in [1.82, 2.24) is 4.90 Å². The van der Waals surface area contributed by atoms with E-state index in [-0.39, 0.29) is 0 Å². The molecule has 0 aromatic heterocycles. The summed E-state index contributed by atoms with van der Waals surface area (Å²) in [7, 11) is 0. The first-order valence-corrected chi connectivity index (χ1v) is 7.59. The summed E-state index contributed by atoms with van der Waals surface area (Å²) < 4.78 is 0. The summed E-state index contributed by atoms with van der Waals surface area (Å²) in [6, 6.07) is 0.689. The zero-order valence-corrected chi connectivity index (χ0v) is 12.5. The Kier molecular flexibility index (Phi) is 11.0. The van der Waals surface area contributed by atoms with Crippen molar-refractivity contribution >= 4 is 0 Å². The Morgan fingerprint density at radius 1 is 0.941 bits per heavy atom. The van der Waals surface area contributed by atoms with Gasteiger partial charge in [0.1, 0.15) is 0 Å². The van der Waals surface area contributed by atoms with E-state index >= 15 is 0 Å². The fourth-order valence-electron chi connectivity index (χ4n) is 2.58. The van der Waals surface area contributed by atoms with E-state index in [1.807, 2.05) is 0 Å². The van der Waals surface area contributed by atoms with Crippen molar-refractivity contribution in [2.75, 3.05) is 19.6 Å². The van der Waals surface area contributed by atoms with Gasteiger partial charge in [0, 0.05) is 6.04 Å². The molecule has 0 heterocycles. The van der Waals surface area contributed by atoms with Gasteiger partial charge in [-0.05, 0) is 65.1 Å². The van der Waals surface area contributed by atoms with Gasteiger partial charge in [0.05, 0.1) is 0 Å². The van der Waals surface area contributed by atoms with Crippen LogP contribution in [0, 0.1) is 5.92 Å². The molecule has 0 aromatic rings. The van der Waals surface area contributed by atoms with E-state index in [0.29, 0.717) is 6.04 Å². The zero-order valence-electron chi connectivity index (χ0n) is 12.5. The maximum Gasteiger partial charge on any atom is 0.00385 e. The standard InChI is InChI=1S/C15H34N2/c1-5-8-15(10-11-16)9-7-13-17(12-6-2)14(3)4/h14-15H,5-13,16H2,1-4H3. The molecular weight excluding hydrogens is 208 g/mol. The Hall–Kier alpha value is -0.0800. The van der Waals surface area contributed by atoms with Crippen LogP contribution in [-0.4, -0.2) is 30.6 Å². The lowest BCUT2D eigenvalue weighted by Crippen LogP contribution is -2.32. The van der Waals surface area contributed by atoms with Crippen LogP contribution in [0.25, 0.3) is 0 Å². The summed E-state index contributed by atoms with van der Waals surface area (Å²) in [6.45, 7) is 12.5. The van der Waals surface area contributed by atoms with Crippen molar-refractivity contribution in [2.24, 2.45) is 11.7 Å². The van der Waals surface area contributed by atoms with E-state index < -0.39 is 0 Å². The van der Waals surface area contributed by atoms with Crippen LogP contribution in [0.3, 0.4) is 0 Å². The lowest BCUT2D eigenvalue weighted by atomic mass is 9.94. The Morgan fingerprint density at radius 3 is 2.12 bits per heavy atom. The quantitative estimate of drug-likeness (QED) is 0.599. The maximum atomic E-state index is 5.68. The predicted octanol–water partition coefficient (Wildman–Crippen LogP) is 3.65. The Balaban J connectivity index is 3.82. The first-order chi connectivity index (χ1) is 8.15. The minimum absolute atomic E-state index is 0.689. The minimum Gasteiger partial charge on any atom is -0.330 e. The smallest absolute Gasteiger partial charge is 0.00385 e. The summed E-state index contributed by atoms with van der Waals surface area (Å²) in [5.41, 5.74) is 5.68. The van der Waals surface area contributed by atoms with Gasteiger partial charge in [-0.15, -0.1) is 0 Å². The SMILES string of the molecule is CCCC(CCN)CCCN(CCC)C(C)C. The maximum absolute atomic E-state index is 5.68. The van der Waals surface area contributed by atoms with Crippen molar-refractivity contribution in [1.29, 1.82) is 0 Å². The van der Waals surface area contributed by atoms with Crippen LogP contribution in [-0.2, 0) is 0 Å². The lowest BCUT2D eigenvalue weighted by Gasteiger charge is -2.26. The minimum atomic E-state index is 0.689. The molecule has 2 nitrogen and oxygen atoms in total. The van der Waals surface area contributed by atoms with Gasteiger partial charge in [0.25, 0.3) is 0 Å². The molecule has 1 unspecified atom stereocenters. The van der Waals surface area contributed by atoms with Crippen molar-refractivity contribution < 1.29 is 0 Å². The second kappa shape index (κ2) is 11.0. The van der Waals surface area contributed by atoms with E-state index in [1.165, 1.54) is 51.6 Å². The second-order valence-corrected chi connectivity index (χ2v) is 5.50. The average molecular weight is 242 g/mol. The third-order valence-electron chi connectivity index (χ3n) is 3.57. The van der Waals surface area contributed by atoms with Gasteiger partial charge >= 0.3 is 0 Å². The summed E-state index contributed by atoms with van der Waals surface area (Å²) in [4.78, 5) is 2.60. The molecule has 0 radical (unpaired) electrons. The van der Waals surface area contributed by atoms with Gasteiger partial charge in [-0.1, -0.05) is 26.7 Å². The van der Waals surface area contributed by atoms with Crippen LogP contribution in [0.5, 0.6) is 0 Å². The van der Waals surface area contributed by atoms with Gasteiger partial charge in [-0.2, -0.15) is 0 Å². The first kappa shape index (κ1) is 16.9. The third-order valence-corrected chi connectivity index (χ3v) is 3.57. The highest BCUT2D eigenvalue weighted by Gasteiger charge is 2.10. The van der Waals surface area contributed by atoms with E-state index in [0.717, 1.165) is 12.5 Å². The van der Waals surface area contributed by atoms with Gasteiger partial charge in [-0.3, -0.25) is 0 Å². The normalized spacial score (nSPS) is 13.6. The second-order valence-electron chi connectivity index (χ2n) is 5.50. The molecule has 17 heavy (non-hydrogen) atoms. The van der Waals surface area contributed by atoms with Crippen LogP contribution in [0.1, 0.15) is 66.2 Å². The number of rotatable bonds is 11. The Bertz CT molecular complexity index is 151. The van der Waals surface area contributed by atoms with Crippen molar-refractivity contribution in [3.05, 3.63) is 0 Å². The molecule has 0 rings (SSSR count). The lowest BCUT2D eigenvalue weighted by molar-refractivity contribution is 0.211. The molecule has 0 aromatic carbocycles. The first-order valence-electron chi connectivity index (χ1n) is 7.59. The molecule has 0 spiro atoms. The molecule has 2 N–H and O–H groups in total. The van der Waals surface area contributed by atoms with Crippen molar-refractivity contribution in [3.8, 4) is 0 Å². The van der Waals surface area contributed by atoms with Crippen LogP contribution in [0.15, 0.2) is 0 Å². The largest absolute Gasteiger partial charge is 0.330 e. The summed E-state index contributed by atoms with van der Waals surface area (Å²) in [6.07, 6.45) is 7.82. The molecule has 0 fully saturated rings. The third kappa shape index (κ3) is 8.62. The van der Waals surface area contributed by atoms with Gasteiger partial charge < -0.3 is 10.6 Å². The summed E-state index contributed by atoms with van der Waals surface area (Å²) in [5, 5.41) is 0. The number of hydrogen-bond donors (Lipinski definition) is 1. The van der Waals surface area contributed by atoms with E-state index in [1.54, 1.807) is 0 Å². The molecule has 0 saturated carbocycles. The van der Waals surface area contributed by atoms with Crippen LogP contribution in [0.2, 0.25) is 0 Å². The highest BCUT2D eigenvalue weighted by molar-refractivity contribution is 4.65. The van der Waals surface area contributed by atoms with Crippen LogP contribution >= 0.6 is 0 Å². The monoisotopic (exact) mass is 242 g/mol. The molecule has 0 amide bonds. The topological polar surface area (TPSA) is 29.3 Å². The van der Waals surface area contributed by atoms with E-state index in [4.69, 9.17) is 5.73 Å². The Morgan fingerprint density at radius 2 is 1.65 bits per heavy atom. The van der Waals surface area contributed by atoms with Gasteiger partial charge in [0.15, 0.2) is 0 Å².